The van der Waals surface area contributed by atoms with E-state index in [1.807, 2.05) is 42.1 Å². The molecule has 0 amide bonds. The van der Waals surface area contributed by atoms with Gasteiger partial charge in [-0.25, -0.2) is 0 Å². The molecule has 0 aliphatic rings. The highest BCUT2D eigenvalue weighted by Gasteiger charge is 2.12. The molecule has 1 unspecified atom stereocenters. The topological polar surface area (TPSA) is 38.0 Å². The van der Waals surface area contributed by atoms with Crippen molar-refractivity contribution in [1.82, 2.24) is 9.78 Å². The second kappa shape index (κ2) is 5.47. The molecule has 0 spiro atoms. The van der Waals surface area contributed by atoms with E-state index in [0.29, 0.717) is 6.42 Å². The molecule has 3 nitrogen and oxygen atoms in total. The minimum atomic E-state index is -0.506. The van der Waals surface area contributed by atoms with Crippen LogP contribution >= 0.6 is 15.9 Å². The summed E-state index contributed by atoms with van der Waals surface area (Å²) in [5.41, 5.74) is 1.96. The number of benzene rings is 1. The second-order valence-electron chi connectivity index (χ2n) is 3.94. The Morgan fingerprint density at radius 1 is 1.41 bits per heavy atom. The van der Waals surface area contributed by atoms with Crippen LogP contribution in [0.5, 0.6) is 0 Å². The SMILES string of the molecule is CCn1cc(C(O)Cc2ccccc2Br)cn1. The van der Waals surface area contributed by atoms with Crippen LogP contribution in [-0.4, -0.2) is 14.9 Å². The molecule has 1 atom stereocenters. The third-order valence-corrected chi connectivity index (χ3v) is 3.51. The summed E-state index contributed by atoms with van der Waals surface area (Å²) in [6.45, 7) is 2.85. The number of hydrogen-bond donors (Lipinski definition) is 1. The van der Waals surface area contributed by atoms with Crippen molar-refractivity contribution in [3.8, 4) is 0 Å². The van der Waals surface area contributed by atoms with Gasteiger partial charge in [-0.3, -0.25) is 4.68 Å². The van der Waals surface area contributed by atoms with E-state index in [4.69, 9.17) is 0 Å². The fourth-order valence-electron chi connectivity index (χ4n) is 1.71. The molecule has 0 radical (unpaired) electrons. The highest BCUT2D eigenvalue weighted by atomic mass is 79.9. The molecule has 4 heteroatoms. The largest absolute Gasteiger partial charge is 0.388 e. The average Bonchev–Trinajstić information content (AvgIpc) is 2.81. The van der Waals surface area contributed by atoms with Crippen molar-refractivity contribution in [3.63, 3.8) is 0 Å². The van der Waals surface area contributed by atoms with E-state index >= 15 is 0 Å². The van der Waals surface area contributed by atoms with Crippen LogP contribution in [0.1, 0.15) is 24.2 Å². The molecule has 0 aliphatic heterocycles. The molecule has 2 aromatic rings. The highest BCUT2D eigenvalue weighted by molar-refractivity contribution is 9.10. The number of hydrogen-bond acceptors (Lipinski definition) is 2. The van der Waals surface area contributed by atoms with Crippen molar-refractivity contribution in [2.75, 3.05) is 0 Å². The lowest BCUT2D eigenvalue weighted by molar-refractivity contribution is 0.178. The van der Waals surface area contributed by atoms with Crippen molar-refractivity contribution in [2.24, 2.45) is 0 Å². The van der Waals surface area contributed by atoms with Gasteiger partial charge in [0.25, 0.3) is 0 Å². The summed E-state index contributed by atoms with van der Waals surface area (Å²) in [6, 6.07) is 7.94. The van der Waals surface area contributed by atoms with Gasteiger partial charge >= 0.3 is 0 Å². The maximum Gasteiger partial charge on any atom is 0.0861 e. The fraction of sp³-hybridized carbons (Fsp3) is 0.308. The van der Waals surface area contributed by atoms with E-state index in [1.165, 1.54) is 0 Å². The Bertz CT molecular complexity index is 496. The molecule has 1 aromatic heterocycles. The number of aromatic nitrogens is 2. The molecule has 0 saturated carbocycles. The summed E-state index contributed by atoms with van der Waals surface area (Å²) >= 11 is 3.48. The van der Waals surface area contributed by atoms with Crippen LogP contribution in [0.4, 0.5) is 0 Å². The smallest absolute Gasteiger partial charge is 0.0861 e. The van der Waals surface area contributed by atoms with Gasteiger partial charge in [-0.05, 0) is 18.6 Å². The van der Waals surface area contributed by atoms with Gasteiger partial charge in [-0.2, -0.15) is 5.10 Å². The van der Waals surface area contributed by atoms with Gasteiger partial charge in [-0.1, -0.05) is 34.1 Å². The van der Waals surface area contributed by atoms with Crippen molar-refractivity contribution >= 4 is 15.9 Å². The molecule has 1 N–H and O–H groups in total. The first-order valence-electron chi connectivity index (χ1n) is 5.64. The van der Waals surface area contributed by atoms with Crippen LogP contribution in [0.25, 0.3) is 0 Å². The van der Waals surface area contributed by atoms with Gasteiger partial charge in [-0.15, -0.1) is 0 Å². The average molecular weight is 295 g/mol. The Labute approximate surface area is 109 Å². The molecular weight excluding hydrogens is 280 g/mol. The first kappa shape index (κ1) is 12.3. The summed E-state index contributed by atoms with van der Waals surface area (Å²) in [7, 11) is 0. The molecule has 1 aromatic carbocycles. The van der Waals surface area contributed by atoms with Crippen molar-refractivity contribution in [3.05, 3.63) is 52.3 Å². The summed E-state index contributed by atoms with van der Waals surface area (Å²) in [4.78, 5) is 0. The van der Waals surface area contributed by atoms with Crippen LogP contribution in [0.2, 0.25) is 0 Å². The van der Waals surface area contributed by atoms with Gasteiger partial charge in [0.15, 0.2) is 0 Å². The maximum atomic E-state index is 10.1. The zero-order valence-corrected chi connectivity index (χ0v) is 11.3. The Hall–Kier alpha value is -1.13. The molecular formula is C13H15BrN2O. The monoisotopic (exact) mass is 294 g/mol. The summed E-state index contributed by atoms with van der Waals surface area (Å²) in [5, 5.41) is 14.3. The number of aliphatic hydroxyl groups excluding tert-OH is 1. The molecule has 2 rings (SSSR count). The lowest BCUT2D eigenvalue weighted by Crippen LogP contribution is -2.01. The first-order chi connectivity index (χ1) is 8.20. The van der Waals surface area contributed by atoms with Gasteiger partial charge in [0, 0.05) is 29.2 Å². The van der Waals surface area contributed by atoms with Gasteiger partial charge in [0.2, 0.25) is 0 Å². The molecule has 0 saturated heterocycles. The molecule has 1 heterocycles. The second-order valence-corrected chi connectivity index (χ2v) is 4.80. The van der Waals surface area contributed by atoms with E-state index < -0.39 is 6.10 Å². The zero-order chi connectivity index (χ0) is 12.3. The predicted octanol–water partition coefficient (Wildman–Crippen LogP) is 2.94. The quantitative estimate of drug-likeness (QED) is 0.941. The first-order valence-corrected chi connectivity index (χ1v) is 6.44. The Kier molecular flexibility index (Phi) is 3.97. The predicted molar refractivity (Wildman–Crippen MR) is 70.7 cm³/mol. The Morgan fingerprint density at radius 2 is 2.18 bits per heavy atom. The number of aliphatic hydroxyl groups is 1. The number of aryl methyl sites for hydroxylation is 1. The van der Waals surface area contributed by atoms with Gasteiger partial charge < -0.3 is 5.11 Å². The number of rotatable bonds is 4. The maximum absolute atomic E-state index is 10.1. The lowest BCUT2D eigenvalue weighted by atomic mass is 10.0. The van der Waals surface area contributed by atoms with E-state index in [1.54, 1.807) is 6.20 Å². The van der Waals surface area contributed by atoms with Crippen molar-refractivity contribution in [2.45, 2.75) is 26.0 Å². The molecule has 90 valence electrons. The molecule has 0 fully saturated rings. The third kappa shape index (κ3) is 2.96. The lowest BCUT2D eigenvalue weighted by Gasteiger charge is -2.09. The zero-order valence-electron chi connectivity index (χ0n) is 9.68. The Balaban J connectivity index is 2.11. The van der Waals surface area contributed by atoms with Crippen LogP contribution in [0, 0.1) is 0 Å². The van der Waals surface area contributed by atoms with Gasteiger partial charge in [0.05, 0.1) is 12.3 Å². The molecule has 0 bridgehead atoms. The van der Waals surface area contributed by atoms with E-state index in [2.05, 4.69) is 21.0 Å². The van der Waals surface area contributed by atoms with Crippen LogP contribution in [-0.2, 0) is 13.0 Å². The minimum Gasteiger partial charge on any atom is -0.388 e. The van der Waals surface area contributed by atoms with Crippen LogP contribution in [0.15, 0.2) is 41.1 Å². The Morgan fingerprint density at radius 3 is 2.82 bits per heavy atom. The standard InChI is InChI=1S/C13H15BrN2O/c1-2-16-9-11(8-15-16)13(17)7-10-5-3-4-6-12(10)14/h3-6,8-9,13,17H,2,7H2,1H3. The fourth-order valence-corrected chi connectivity index (χ4v) is 2.16. The van der Waals surface area contributed by atoms with Gasteiger partial charge in [0.1, 0.15) is 0 Å². The van der Waals surface area contributed by atoms with E-state index in [9.17, 15) is 5.11 Å². The number of halogens is 1. The normalized spacial score (nSPS) is 12.6. The van der Waals surface area contributed by atoms with Crippen LogP contribution < -0.4 is 0 Å². The number of nitrogens with zero attached hydrogens (tertiary/aromatic N) is 2. The van der Waals surface area contributed by atoms with E-state index in [0.717, 1.165) is 22.1 Å². The third-order valence-electron chi connectivity index (χ3n) is 2.73. The van der Waals surface area contributed by atoms with Crippen molar-refractivity contribution < 1.29 is 5.11 Å². The minimum absolute atomic E-state index is 0.506. The summed E-state index contributed by atoms with van der Waals surface area (Å²) < 4.78 is 2.85. The van der Waals surface area contributed by atoms with Crippen molar-refractivity contribution in [1.29, 1.82) is 0 Å². The molecule has 0 aliphatic carbocycles. The highest BCUT2D eigenvalue weighted by Crippen LogP contribution is 2.23. The van der Waals surface area contributed by atoms with Crippen LogP contribution in [0.3, 0.4) is 0 Å². The summed E-state index contributed by atoms with van der Waals surface area (Å²) in [5.74, 6) is 0. The van der Waals surface area contributed by atoms with E-state index in [-0.39, 0.29) is 0 Å². The molecule has 17 heavy (non-hydrogen) atoms. The summed E-state index contributed by atoms with van der Waals surface area (Å²) in [6.07, 6.45) is 3.71.